The van der Waals surface area contributed by atoms with Crippen LogP contribution in [0, 0.1) is 0 Å². The van der Waals surface area contributed by atoms with E-state index in [2.05, 4.69) is 20.1 Å². The van der Waals surface area contributed by atoms with Gasteiger partial charge in [0.05, 0.1) is 6.54 Å². The highest BCUT2D eigenvalue weighted by Crippen LogP contribution is 2.14. The molecule has 0 aliphatic rings. The van der Waals surface area contributed by atoms with Crippen LogP contribution in [-0.2, 0) is 17.8 Å². The van der Waals surface area contributed by atoms with E-state index < -0.39 is 12.8 Å². The zero-order valence-corrected chi connectivity index (χ0v) is 10.2. The third-order valence-corrected chi connectivity index (χ3v) is 2.15. The van der Waals surface area contributed by atoms with Crippen molar-refractivity contribution in [1.29, 1.82) is 0 Å². The molecule has 1 aromatic heterocycles. The Morgan fingerprint density at radius 3 is 2.89 bits per heavy atom. The Balaban J connectivity index is 2.21. The second-order valence-electron chi connectivity index (χ2n) is 3.70. The van der Waals surface area contributed by atoms with Crippen molar-refractivity contribution in [3.05, 3.63) is 12.2 Å². The predicted octanol–water partition coefficient (Wildman–Crippen LogP) is 1.36. The van der Waals surface area contributed by atoms with Gasteiger partial charge >= 0.3 is 6.18 Å². The fourth-order valence-corrected chi connectivity index (χ4v) is 1.35. The van der Waals surface area contributed by atoms with Crippen LogP contribution in [0.1, 0.15) is 19.2 Å². The Labute approximate surface area is 103 Å². The summed E-state index contributed by atoms with van der Waals surface area (Å²) in [6, 6.07) is 0. The summed E-state index contributed by atoms with van der Waals surface area (Å²) in [4.78, 5) is 4.06. The lowest BCUT2D eigenvalue weighted by molar-refractivity contribution is -0.174. The Morgan fingerprint density at radius 1 is 1.44 bits per heavy atom. The van der Waals surface area contributed by atoms with E-state index in [1.165, 1.54) is 6.33 Å². The average Bonchev–Trinajstić information content (AvgIpc) is 2.72. The number of rotatable bonds is 8. The molecule has 0 aromatic carbocycles. The largest absolute Gasteiger partial charge is 0.411 e. The number of aromatic nitrogens is 3. The van der Waals surface area contributed by atoms with Gasteiger partial charge in [0, 0.05) is 13.2 Å². The normalized spacial score (nSPS) is 12.0. The SMILES string of the molecule is CCNCc1ncnn1CCCOCC(F)(F)F. The fraction of sp³-hybridized carbons (Fsp3) is 0.800. The second-order valence-corrected chi connectivity index (χ2v) is 3.70. The molecule has 0 amide bonds. The highest BCUT2D eigenvalue weighted by atomic mass is 19.4. The Bertz CT molecular complexity index is 340. The highest BCUT2D eigenvalue weighted by molar-refractivity contribution is 4.83. The van der Waals surface area contributed by atoms with Gasteiger partial charge in [-0.1, -0.05) is 6.92 Å². The maximum Gasteiger partial charge on any atom is 0.411 e. The molecule has 104 valence electrons. The molecular weight excluding hydrogens is 249 g/mol. The van der Waals surface area contributed by atoms with Gasteiger partial charge in [-0.3, -0.25) is 0 Å². The summed E-state index contributed by atoms with van der Waals surface area (Å²) in [7, 11) is 0. The van der Waals surface area contributed by atoms with Gasteiger partial charge in [0.2, 0.25) is 0 Å². The van der Waals surface area contributed by atoms with Crippen molar-refractivity contribution in [3.8, 4) is 0 Å². The van der Waals surface area contributed by atoms with Gasteiger partial charge in [-0.2, -0.15) is 18.3 Å². The van der Waals surface area contributed by atoms with Crippen LogP contribution >= 0.6 is 0 Å². The van der Waals surface area contributed by atoms with E-state index >= 15 is 0 Å². The standard InChI is InChI=1S/C10H17F3N4O/c1-2-14-6-9-15-8-16-17(9)4-3-5-18-7-10(11,12)13/h8,14H,2-7H2,1H3. The first kappa shape index (κ1) is 14.9. The van der Waals surface area contributed by atoms with Crippen molar-refractivity contribution in [2.24, 2.45) is 0 Å². The van der Waals surface area contributed by atoms with Gasteiger partial charge in [0.15, 0.2) is 0 Å². The predicted molar refractivity (Wildman–Crippen MR) is 58.9 cm³/mol. The average molecular weight is 266 g/mol. The molecule has 0 unspecified atom stereocenters. The lowest BCUT2D eigenvalue weighted by atomic mass is 10.4. The zero-order chi connectivity index (χ0) is 13.4. The number of nitrogens with one attached hydrogen (secondary N) is 1. The Hall–Kier alpha value is -1.15. The Kier molecular flexibility index (Phi) is 6.06. The zero-order valence-electron chi connectivity index (χ0n) is 10.2. The van der Waals surface area contributed by atoms with Crippen LogP contribution in [0.3, 0.4) is 0 Å². The molecule has 1 heterocycles. The molecule has 0 aliphatic heterocycles. The van der Waals surface area contributed by atoms with Crippen LogP contribution in [-0.4, -0.2) is 40.7 Å². The van der Waals surface area contributed by atoms with Crippen LogP contribution in [0.5, 0.6) is 0 Å². The number of ether oxygens (including phenoxy) is 1. The van der Waals surface area contributed by atoms with Crippen molar-refractivity contribution in [1.82, 2.24) is 20.1 Å². The number of hydrogen-bond donors (Lipinski definition) is 1. The first-order valence-corrected chi connectivity index (χ1v) is 5.75. The molecule has 1 rings (SSSR count). The van der Waals surface area contributed by atoms with E-state index in [0.717, 1.165) is 12.4 Å². The molecule has 0 fully saturated rings. The van der Waals surface area contributed by atoms with Crippen molar-refractivity contribution < 1.29 is 17.9 Å². The van der Waals surface area contributed by atoms with Crippen LogP contribution in [0.25, 0.3) is 0 Å². The minimum absolute atomic E-state index is 0.0556. The summed E-state index contributed by atoms with van der Waals surface area (Å²) in [5.74, 6) is 0.771. The third-order valence-electron chi connectivity index (χ3n) is 2.15. The first-order chi connectivity index (χ1) is 8.53. The van der Waals surface area contributed by atoms with Crippen LogP contribution < -0.4 is 5.32 Å². The Morgan fingerprint density at radius 2 is 2.22 bits per heavy atom. The molecule has 1 aromatic rings. The van der Waals surface area contributed by atoms with Crippen molar-refractivity contribution >= 4 is 0 Å². The molecule has 8 heteroatoms. The van der Waals surface area contributed by atoms with Crippen LogP contribution in [0.15, 0.2) is 6.33 Å². The van der Waals surface area contributed by atoms with Crippen molar-refractivity contribution in [3.63, 3.8) is 0 Å². The minimum atomic E-state index is -4.26. The summed E-state index contributed by atoms with van der Waals surface area (Å²) in [5, 5.41) is 7.11. The molecule has 0 bridgehead atoms. The molecule has 0 aliphatic carbocycles. The highest BCUT2D eigenvalue weighted by Gasteiger charge is 2.27. The molecule has 0 radical (unpaired) electrons. The quantitative estimate of drug-likeness (QED) is 0.722. The first-order valence-electron chi connectivity index (χ1n) is 5.75. The smallest absolute Gasteiger partial charge is 0.372 e. The van der Waals surface area contributed by atoms with Gasteiger partial charge < -0.3 is 10.1 Å². The molecule has 0 saturated carbocycles. The van der Waals surface area contributed by atoms with Gasteiger partial charge in [-0.25, -0.2) is 9.67 Å². The number of nitrogens with zero attached hydrogens (tertiary/aromatic N) is 3. The lowest BCUT2D eigenvalue weighted by Gasteiger charge is -2.08. The number of halogens is 3. The number of alkyl halides is 3. The van der Waals surface area contributed by atoms with Crippen LogP contribution in [0.2, 0.25) is 0 Å². The maximum atomic E-state index is 11.8. The minimum Gasteiger partial charge on any atom is -0.372 e. The maximum absolute atomic E-state index is 11.8. The summed E-state index contributed by atoms with van der Waals surface area (Å²) in [5.41, 5.74) is 0. The number of aryl methyl sites for hydroxylation is 1. The lowest BCUT2D eigenvalue weighted by Crippen LogP contribution is -2.19. The molecular formula is C10H17F3N4O. The second kappa shape index (κ2) is 7.32. The van der Waals surface area contributed by atoms with Gasteiger partial charge in [0.25, 0.3) is 0 Å². The molecule has 5 nitrogen and oxygen atoms in total. The van der Waals surface area contributed by atoms with Gasteiger partial charge in [-0.15, -0.1) is 0 Å². The summed E-state index contributed by atoms with van der Waals surface area (Å²) in [6.07, 6.45) is -2.36. The molecule has 0 saturated heterocycles. The summed E-state index contributed by atoms with van der Waals surface area (Å²) in [6.45, 7) is 2.75. The number of hydrogen-bond acceptors (Lipinski definition) is 4. The van der Waals surface area contributed by atoms with E-state index in [-0.39, 0.29) is 6.61 Å². The molecule has 1 N–H and O–H groups in total. The molecule has 18 heavy (non-hydrogen) atoms. The van der Waals surface area contributed by atoms with E-state index in [9.17, 15) is 13.2 Å². The van der Waals surface area contributed by atoms with Crippen LogP contribution in [0.4, 0.5) is 13.2 Å². The van der Waals surface area contributed by atoms with Gasteiger partial charge in [-0.05, 0) is 13.0 Å². The van der Waals surface area contributed by atoms with Crippen molar-refractivity contribution in [2.75, 3.05) is 19.8 Å². The van der Waals surface area contributed by atoms with Crippen molar-refractivity contribution in [2.45, 2.75) is 32.6 Å². The van der Waals surface area contributed by atoms with E-state index in [4.69, 9.17) is 0 Å². The molecule has 0 atom stereocenters. The monoisotopic (exact) mass is 266 g/mol. The van der Waals surface area contributed by atoms with E-state index in [1.807, 2.05) is 6.92 Å². The topological polar surface area (TPSA) is 52.0 Å². The summed E-state index contributed by atoms with van der Waals surface area (Å²) >= 11 is 0. The molecule has 0 spiro atoms. The van der Waals surface area contributed by atoms with E-state index in [0.29, 0.717) is 19.5 Å². The third kappa shape index (κ3) is 5.97. The van der Waals surface area contributed by atoms with E-state index in [1.54, 1.807) is 4.68 Å². The van der Waals surface area contributed by atoms with Gasteiger partial charge in [0.1, 0.15) is 18.8 Å². The summed E-state index contributed by atoms with van der Waals surface area (Å²) < 4.78 is 41.6. The fourth-order valence-electron chi connectivity index (χ4n) is 1.35.